The SMILES string of the molecule is O=[Si]([SiH3])c1ccccc1. The molecule has 46 valence electrons. The Bertz CT molecular complexity index is 208. The molecule has 0 saturated carbocycles. The number of rotatable bonds is 1. The highest BCUT2D eigenvalue weighted by molar-refractivity contribution is 7.01. The van der Waals surface area contributed by atoms with Gasteiger partial charge in [-0.15, -0.1) is 0 Å². The summed E-state index contributed by atoms with van der Waals surface area (Å²) in [5.74, 6) is 0. The van der Waals surface area contributed by atoms with E-state index < -0.39 is 8.20 Å². The van der Waals surface area contributed by atoms with E-state index >= 15 is 0 Å². The van der Waals surface area contributed by atoms with Gasteiger partial charge in [0.05, 0.1) is 9.76 Å². The van der Waals surface area contributed by atoms with Crippen LogP contribution >= 0.6 is 0 Å². The molecule has 3 heteroatoms. The Kier molecular flexibility index (Phi) is 2.07. The van der Waals surface area contributed by atoms with Crippen LogP contribution in [0.5, 0.6) is 0 Å². The smallest absolute Gasteiger partial charge is 0.278 e. The van der Waals surface area contributed by atoms with Crippen LogP contribution in [0.1, 0.15) is 0 Å². The van der Waals surface area contributed by atoms with Crippen molar-refractivity contribution in [3.8, 4) is 0 Å². The lowest BCUT2D eigenvalue weighted by molar-refractivity contribution is 0.579. The lowest BCUT2D eigenvalue weighted by Crippen LogP contribution is -2.19. The molecule has 0 aliphatic heterocycles. The molecule has 0 radical (unpaired) electrons. The molecule has 0 spiro atoms. The summed E-state index contributed by atoms with van der Waals surface area (Å²) in [6.07, 6.45) is 0. The Balaban J connectivity index is 2.98. The van der Waals surface area contributed by atoms with Gasteiger partial charge >= 0.3 is 0 Å². The minimum Gasteiger partial charge on any atom is -0.388 e. The topological polar surface area (TPSA) is 17.1 Å². The normalized spacial score (nSPS) is 9.33. The van der Waals surface area contributed by atoms with Crippen LogP contribution in [0, 0.1) is 0 Å². The van der Waals surface area contributed by atoms with Crippen LogP contribution in [0.25, 0.3) is 0 Å². The van der Waals surface area contributed by atoms with Crippen molar-refractivity contribution in [3.05, 3.63) is 30.3 Å². The standard InChI is InChI=1S/C6H8OSi2/c7-9(8)6-4-2-1-3-5-6/h1-5H,8H3. The third kappa shape index (κ3) is 1.69. The number of benzene rings is 1. The van der Waals surface area contributed by atoms with E-state index in [9.17, 15) is 4.46 Å². The lowest BCUT2D eigenvalue weighted by Gasteiger charge is -1.88. The lowest BCUT2D eigenvalue weighted by atomic mass is 10.4. The van der Waals surface area contributed by atoms with Gasteiger partial charge in [-0.2, -0.15) is 0 Å². The van der Waals surface area contributed by atoms with Crippen molar-refractivity contribution in [1.29, 1.82) is 0 Å². The van der Waals surface area contributed by atoms with Gasteiger partial charge in [-0.25, -0.2) is 0 Å². The van der Waals surface area contributed by atoms with Crippen LogP contribution in [0.2, 0.25) is 0 Å². The summed E-state index contributed by atoms with van der Waals surface area (Å²) in [7, 11) is -0.521. The second kappa shape index (κ2) is 2.84. The largest absolute Gasteiger partial charge is 0.388 e. The Morgan fingerprint density at radius 2 is 1.78 bits per heavy atom. The maximum Gasteiger partial charge on any atom is 0.278 e. The van der Waals surface area contributed by atoms with Gasteiger partial charge in [0, 0.05) is 0 Å². The summed E-state index contributed by atoms with van der Waals surface area (Å²) in [6.45, 7) is 0. The molecule has 0 bridgehead atoms. The summed E-state index contributed by atoms with van der Waals surface area (Å²) in [5, 5.41) is 1.02. The summed E-state index contributed by atoms with van der Waals surface area (Å²) in [5.41, 5.74) is 0. The zero-order chi connectivity index (χ0) is 6.69. The highest BCUT2D eigenvalue weighted by Gasteiger charge is 1.96. The highest BCUT2D eigenvalue weighted by atomic mass is 29.1. The van der Waals surface area contributed by atoms with Crippen molar-refractivity contribution in [2.45, 2.75) is 0 Å². The molecule has 1 nitrogen and oxygen atoms in total. The minimum atomic E-state index is -1.32. The van der Waals surface area contributed by atoms with Gasteiger partial charge < -0.3 is 4.46 Å². The quantitative estimate of drug-likeness (QED) is 0.481. The molecule has 0 unspecified atom stereocenters. The molecule has 0 atom stereocenters. The summed E-state index contributed by atoms with van der Waals surface area (Å²) in [4.78, 5) is 0. The second-order valence-electron chi connectivity index (χ2n) is 1.92. The van der Waals surface area contributed by atoms with Crippen LogP contribution in [0.3, 0.4) is 0 Å². The molecule has 1 aromatic rings. The molecule has 0 saturated heterocycles. The molecule has 0 heterocycles. The molecule has 1 aromatic carbocycles. The van der Waals surface area contributed by atoms with Crippen LogP contribution in [-0.2, 0) is 4.46 Å². The number of hydrogen-bond donors (Lipinski definition) is 0. The summed E-state index contributed by atoms with van der Waals surface area (Å²) >= 11 is 0. The van der Waals surface area contributed by atoms with E-state index in [2.05, 4.69) is 0 Å². The fourth-order valence-corrected chi connectivity index (χ4v) is 2.33. The van der Waals surface area contributed by atoms with Crippen molar-refractivity contribution < 1.29 is 4.46 Å². The maximum absolute atomic E-state index is 10.9. The fourth-order valence-electron chi connectivity index (χ4n) is 0.673. The molecule has 0 N–H and O–H groups in total. The first-order chi connectivity index (χ1) is 4.30. The van der Waals surface area contributed by atoms with Gasteiger partial charge in [-0.1, -0.05) is 30.3 Å². The number of hydrogen-bond acceptors (Lipinski definition) is 1. The molecule has 0 amide bonds. The first-order valence-corrected chi connectivity index (χ1v) is 7.77. The molecule has 0 fully saturated rings. The van der Waals surface area contributed by atoms with E-state index in [1.54, 1.807) is 0 Å². The van der Waals surface area contributed by atoms with Crippen LogP contribution in [-0.4, -0.2) is 18.0 Å². The monoisotopic (exact) mass is 152 g/mol. The average Bonchev–Trinajstić information content (AvgIpc) is 1.90. The second-order valence-corrected chi connectivity index (χ2v) is 6.34. The highest BCUT2D eigenvalue weighted by Crippen LogP contribution is 1.79. The molecule has 9 heavy (non-hydrogen) atoms. The van der Waals surface area contributed by atoms with Gasteiger partial charge in [0.1, 0.15) is 0 Å². The van der Waals surface area contributed by atoms with Gasteiger partial charge in [0.2, 0.25) is 0 Å². The van der Waals surface area contributed by atoms with Crippen molar-refractivity contribution in [1.82, 2.24) is 0 Å². The predicted octanol–water partition coefficient (Wildman–Crippen LogP) is -0.822. The van der Waals surface area contributed by atoms with Crippen molar-refractivity contribution in [2.75, 3.05) is 0 Å². The zero-order valence-corrected chi connectivity index (χ0v) is 8.29. The molecular formula is C6H8OSi2. The van der Waals surface area contributed by atoms with Crippen molar-refractivity contribution in [3.63, 3.8) is 0 Å². The van der Waals surface area contributed by atoms with E-state index in [1.807, 2.05) is 30.3 Å². The Morgan fingerprint density at radius 3 is 2.11 bits per heavy atom. The first-order valence-electron chi connectivity index (χ1n) is 2.86. The Hall–Kier alpha value is -0.546. The molecule has 0 aliphatic carbocycles. The first kappa shape index (κ1) is 6.57. The van der Waals surface area contributed by atoms with Gasteiger partial charge in [-0.3, -0.25) is 0 Å². The molecule has 0 aliphatic rings. The predicted molar refractivity (Wildman–Crippen MR) is 42.5 cm³/mol. The van der Waals surface area contributed by atoms with E-state index in [0.29, 0.717) is 0 Å². The Labute approximate surface area is 58.6 Å². The minimum absolute atomic E-state index is 0.803. The Morgan fingerprint density at radius 1 is 1.22 bits per heavy atom. The third-order valence-electron chi connectivity index (χ3n) is 1.18. The van der Waals surface area contributed by atoms with E-state index in [4.69, 9.17) is 0 Å². The third-order valence-corrected chi connectivity index (χ3v) is 4.06. The molecular weight excluding hydrogens is 144 g/mol. The van der Waals surface area contributed by atoms with Gasteiger partial charge in [0.25, 0.3) is 8.20 Å². The van der Waals surface area contributed by atoms with Crippen molar-refractivity contribution >= 4 is 23.1 Å². The van der Waals surface area contributed by atoms with Crippen LogP contribution < -0.4 is 5.19 Å². The van der Waals surface area contributed by atoms with Crippen molar-refractivity contribution in [2.24, 2.45) is 0 Å². The summed E-state index contributed by atoms with van der Waals surface area (Å²) in [6, 6.07) is 9.64. The molecule has 1 rings (SSSR count). The van der Waals surface area contributed by atoms with Crippen LogP contribution in [0.4, 0.5) is 0 Å². The maximum atomic E-state index is 10.9. The molecule has 0 aromatic heterocycles. The van der Waals surface area contributed by atoms with Gasteiger partial charge in [-0.05, 0) is 5.19 Å². The van der Waals surface area contributed by atoms with E-state index in [1.165, 1.54) is 0 Å². The van der Waals surface area contributed by atoms with Crippen LogP contribution in [0.15, 0.2) is 30.3 Å². The van der Waals surface area contributed by atoms with E-state index in [0.717, 1.165) is 14.9 Å². The zero-order valence-electron chi connectivity index (χ0n) is 5.29. The van der Waals surface area contributed by atoms with E-state index in [-0.39, 0.29) is 0 Å². The summed E-state index contributed by atoms with van der Waals surface area (Å²) < 4.78 is 10.9. The fraction of sp³-hybridized carbons (Fsp3) is 0. The van der Waals surface area contributed by atoms with Gasteiger partial charge in [0.15, 0.2) is 0 Å². The average molecular weight is 152 g/mol.